The third-order valence-electron chi connectivity index (χ3n) is 4.43. The summed E-state index contributed by atoms with van der Waals surface area (Å²) in [6.45, 7) is 3.47. The smallest absolute Gasteiger partial charge is 0.119 e. The summed E-state index contributed by atoms with van der Waals surface area (Å²) in [6, 6.07) is 6.87. The Morgan fingerprint density at radius 3 is 3.00 bits per heavy atom. The Bertz CT molecular complexity index is 419. The standard InChI is InChI=1S/C17H27NO2/c1-3-13(9-10-19)12-18-17-6-4-5-14-7-8-15(20-2)11-16(14)17/h7-8,11,13,17-19H,3-6,9-10,12H2,1-2H3. The Kier molecular flexibility index (Phi) is 5.86. The van der Waals surface area contributed by atoms with Crippen molar-refractivity contribution in [1.82, 2.24) is 5.32 Å². The molecule has 1 aromatic rings. The van der Waals surface area contributed by atoms with E-state index in [1.54, 1.807) is 7.11 Å². The van der Waals surface area contributed by atoms with Gasteiger partial charge in [0.25, 0.3) is 0 Å². The molecule has 2 N–H and O–H groups in total. The largest absolute Gasteiger partial charge is 0.497 e. The molecule has 2 unspecified atom stereocenters. The molecule has 2 atom stereocenters. The molecule has 0 heterocycles. The minimum atomic E-state index is 0.287. The molecule has 2 rings (SSSR count). The van der Waals surface area contributed by atoms with Crippen molar-refractivity contribution >= 4 is 0 Å². The van der Waals surface area contributed by atoms with Crippen molar-refractivity contribution in [2.24, 2.45) is 5.92 Å². The molecule has 0 fully saturated rings. The average molecular weight is 277 g/mol. The molecular formula is C17H27NO2. The van der Waals surface area contributed by atoms with Crippen molar-refractivity contribution in [3.05, 3.63) is 29.3 Å². The maximum atomic E-state index is 9.09. The zero-order valence-electron chi connectivity index (χ0n) is 12.7. The van der Waals surface area contributed by atoms with E-state index >= 15 is 0 Å². The predicted octanol–water partition coefficient (Wildman–Crippen LogP) is 3.07. The topological polar surface area (TPSA) is 41.5 Å². The van der Waals surface area contributed by atoms with Gasteiger partial charge in [0.05, 0.1) is 7.11 Å². The summed E-state index contributed by atoms with van der Waals surface area (Å²) in [5.41, 5.74) is 2.85. The van der Waals surface area contributed by atoms with E-state index in [0.717, 1.165) is 25.1 Å². The summed E-state index contributed by atoms with van der Waals surface area (Å²) in [5, 5.41) is 12.8. The van der Waals surface area contributed by atoms with Gasteiger partial charge >= 0.3 is 0 Å². The number of hydrogen-bond donors (Lipinski definition) is 2. The molecule has 0 bridgehead atoms. The summed E-state index contributed by atoms with van der Waals surface area (Å²) in [6.07, 6.45) is 5.61. The molecule has 112 valence electrons. The van der Waals surface area contributed by atoms with Crippen LogP contribution in [0.25, 0.3) is 0 Å². The highest BCUT2D eigenvalue weighted by atomic mass is 16.5. The second-order valence-corrected chi connectivity index (χ2v) is 5.70. The highest BCUT2D eigenvalue weighted by Gasteiger charge is 2.21. The number of rotatable bonds is 7. The Morgan fingerprint density at radius 1 is 1.45 bits per heavy atom. The number of ether oxygens (including phenoxy) is 1. The van der Waals surface area contributed by atoms with Crippen molar-refractivity contribution in [3.63, 3.8) is 0 Å². The molecule has 0 spiro atoms. The van der Waals surface area contributed by atoms with Crippen LogP contribution in [0.15, 0.2) is 18.2 Å². The number of hydrogen-bond acceptors (Lipinski definition) is 3. The minimum absolute atomic E-state index is 0.287. The highest BCUT2D eigenvalue weighted by Crippen LogP contribution is 2.32. The quantitative estimate of drug-likeness (QED) is 0.805. The summed E-state index contributed by atoms with van der Waals surface area (Å²) in [4.78, 5) is 0. The van der Waals surface area contributed by atoms with Gasteiger partial charge in [-0.2, -0.15) is 0 Å². The maximum Gasteiger partial charge on any atom is 0.119 e. The van der Waals surface area contributed by atoms with Crippen LogP contribution in [0.4, 0.5) is 0 Å². The van der Waals surface area contributed by atoms with Crippen LogP contribution >= 0.6 is 0 Å². The lowest BCUT2D eigenvalue weighted by molar-refractivity contribution is 0.247. The SMILES string of the molecule is CCC(CCO)CNC1CCCc2ccc(OC)cc21. The summed E-state index contributed by atoms with van der Waals surface area (Å²) in [5.74, 6) is 1.51. The van der Waals surface area contributed by atoms with Crippen LogP contribution in [0.2, 0.25) is 0 Å². The number of benzene rings is 1. The molecule has 3 nitrogen and oxygen atoms in total. The van der Waals surface area contributed by atoms with E-state index in [1.165, 1.54) is 30.4 Å². The molecule has 1 aromatic carbocycles. The lowest BCUT2D eigenvalue weighted by Gasteiger charge is -2.28. The van der Waals surface area contributed by atoms with Gasteiger partial charge in [0.1, 0.15) is 5.75 Å². The lowest BCUT2D eigenvalue weighted by atomic mass is 9.87. The van der Waals surface area contributed by atoms with Gasteiger partial charge in [-0.15, -0.1) is 0 Å². The van der Waals surface area contributed by atoms with E-state index in [2.05, 4.69) is 30.4 Å². The van der Waals surface area contributed by atoms with Crippen molar-refractivity contribution in [2.45, 2.75) is 45.1 Å². The normalized spacial score (nSPS) is 19.4. The zero-order chi connectivity index (χ0) is 14.4. The van der Waals surface area contributed by atoms with E-state index < -0.39 is 0 Å². The molecule has 0 radical (unpaired) electrons. The van der Waals surface area contributed by atoms with Crippen LogP contribution in [-0.2, 0) is 6.42 Å². The summed E-state index contributed by atoms with van der Waals surface area (Å²) < 4.78 is 5.35. The van der Waals surface area contributed by atoms with E-state index in [9.17, 15) is 0 Å². The van der Waals surface area contributed by atoms with E-state index in [-0.39, 0.29) is 6.61 Å². The van der Waals surface area contributed by atoms with Crippen LogP contribution in [0.3, 0.4) is 0 Å². The molecule has 0 aromatic heterocycles. The fourth-order valence-corrected chi connectivity index (χ4v) is 3.06. The maximum absolute atomic E-state index is 9.09. The highest BCUT2D eigenvalue weighted by molar-refractivity contribution is 5.39. The molecule has 1 aliphatic carbocycles. The van der Waals surface area contributed by atoms with Gasteiger partial charge in [0, 0.05) is 12.6 Å². The molecule has 0 aliphatic heterocycles. The number of nitrogens with one attached hydrogen (secondary N) is 1. The Hall–Kier alpha value is -1.06. The third kappa shape index (κ3) is 3.74. The molecule has 0 saturated heterocycles. The van der Waals surface area contributed by atoms with E-state index in [1.807, 2.05) is 0 Å². The van der Waals surface area contributed by atoms with Crippen molar-refractivity contribution in [2.75, 3.05) is 20.3 Å². The Balaban J connectivity index is 2.03. The number of aliphatic hydroxyl groups excluding tert-OH is 1. The van der Waals surface area contributed by atoms with Crippen LogP contribution < -0.4 is 10.1 Å². The Labute approximate surface area is 122 Å². The van der Waals surface area contributed by atoms with E-state index in [4.69, 9.17) is 9.84 Å². The molecule has 1 aliphatic rings. The zero-order valence-corrected chi connectivity index (χ0v) is 12.7. The minimum Gasteiger partial charge on any atom is -0.497 e. The first-order chi connectivity index (χ1) is 9.78. The van der Waals surface area contributed by atoms with Gasteiger partial charge in [-0.1, -0.05) is 19.4 Å². The molecule has 0 amide bonds. The number of aliphatic hydroxyl groups is 1. The first-order valence-electron chi connectivity index (χ1n) is 7.79. The van der Waals surface area contributed by atoms with Gasteiger partial charge in [0.15, 0.2) is 0 Å². The van der Waals surface area contributed by atoms with Crippen LogP contribution in [0.1, 0.15) is 49.8 Å². The summed E-state index contributed by atoms with van der Waals surface area (Å²) in [7, 11) is 1.72. The monoisotopic (exact) mass is 277 g/mol. The van der Waals surface area contributed by atoms with Gasteiger partial charge in [-0.25, -0.2) is 0 Å². The Morgan fingerprint density at radius 2 is 2.30 bits per heavy atom. The first kappa shape index (κ1) is 15.3. The van der Waals surface area contributed by atoms with Crippen molar-refractivity contribution < 1.29 is 9.84 Å². The number of aryl methyl sites for hydroxylation is 1. The molecular weight excluding hydrogens is 250 g/mol. The van der Waals surface area contributed by atoms with Crippen molar-refractivity contribution in [3.8, 4) is 5.75 Å². The van der Waals surface area contributed by atoms with Crippen LogP contribution in [0.5, 0.6) is 5.75 Å². The fourth-order valence-electron chi connectivity index (χ4n) is 3.06. The predicted molar refractivity (Wildman–Crippen MR) is 82.2 cm³/mol. The van der Waals surface area contributed by atoms with Gasteiger partial charge in [-0.3, -0.25) is 0 Å². The molecule has 3 heteroatoms. The second kappa shape index (κ2) is 7.65. The van der Waals surface area contributed by atoms with Gasteiger partial charge < -0.3 is 15.2 Å². The molecule has 20 heavy (non-hydrogen) atoms. The molecule has 0 saturated carbocycles. The third-order valence-corrected chi connectivity index (χ3v) is 4.43. The van der Waals surface area contributed by atoms with Gasteiger partial charge in [-0.05, 0) is 61.4 Å². The van der Waals surface area contributed by atoms with Crippen LogP contribution in [-0.4, -0.2) is 25.4 Å². The van der Waals surface area contributed by atoms with Crippen LogP contribution in [0, 0.1) is 5.92 Å². The lowest BCUT2D eigenvalue weighted by Crippen LogP contribution is -2.30. The number of fused-ring (bicyclic) bond motifs is 1. The first-order valence-corrected chi connectivity index (χ1v) is 7.79. The average Bonchev–Trinajstić information content (AvgIpc) is 2.50. The number of methoxy groups -OCH3 is 1. The summed E-state index contributed by atoms with van der Waals surface area (Å²) >= 11 is 0. The van der Waals surface area contributed by atoms with E-state index in [0.29, 0.717) is 12.0 Å². The van der Waals surface area contributed by atoms with Crippen molar-refractivity contribution in [1.29, 1.82) is 0 Å². The fraction of sp³-hybridized carbons (Fsp3) is 0.647. The van der Waals surface area contributed by atoms with Gasteiger partial charge in [0.2, 0.25) is 0 Å². The second-order valence-electron chi connectivity index (χ2n) is 5.70.